The third-order valence-corrected chi connectivity index (χ3v) is 5.39. The molecule has 1 N–H and O–H groups in total. The Bertz CT molecular complexity index is 940. The number of hydrogen-bond acceptors (Lipinski definition) is 4. The fraction of sp³-hybridized carbons (Fsp3) is 0.111. The molecule has 2 aromatic carbocycles. The summed E-state index contributed by atoms with van der Waals surface area (Å²) < 4.78 is 12.3. The van der Waals surface area contributed by atoms with Crippen molar-refractivity contribution in [1.29, 1.82) is 0 Å². The van der Waals surface area contributed by atoms with Crippen LogP contribution in [0.2, 0.25) is 0 Å². The van der Waals surface area contributed by atoms with Gasteiger partial charge in [0.05, 0.1) is 5.69 Å². The van der Waals surface area contributed by atoms with Gasteiger partial charge in [-0.3, -0.25) is 14.3 Å². The molecule has 1 heterocycles. The van der Waals surface area contributed by atoms with Gasteiger partial charge >= 0.3 is 0 Å². The van der Waals surface area contributed by atoms with Crippen LogP contribution in [0.4, 0.5) is 5.13 Å². The summed E-state index contributed by atoms with van der Waals surface area (Å²) in [6.45, 7) is 0. The maximum Gasteiger partial charge on any atom is 0.257 e. The molecule has 0 radical (unpaired) electrons. The molecule has 0 spiro atoms. The van der Waals surface area contributed by atoms with Crippen LogP contribution in [-0.4, -0.2) is 21.4 Å². The van der Waals surface area contributed by atoms with E-state index in [1.807, 2.05) is 35.7 Å². The fourth-order valence-electron chi connectivity index (χ4n) is 2.32. The van der Waals surface area contributed by atoms with E-state index in [4.69, 9.17) is 0 Å². The second-order valence-electron chi connectivity index (χ2n) is 5.42. The summed E-state index contributed by atoms with van der Waals surface area (Å²) in [4.78, 5) is 16.9. The van der Waals surface area contributed by atoms with Gasteiger partial charge in [-0.1, -0.05) is 40.2 Å². The van der Waals surface area contributed by atoms with Crippen LogP contribution >= 0.6 is 27.3 Å². The Morgan fingerprint density at radius 3 is 2.80 bits per heavy atom. The van der Waals surface area contributed by atoms with Gasteiger partial charge in [0, 0.05) is 43.8 Å². The molecule has 1 aromatic heterocycles. The fourth-order valence-corrected chi connectivity index (χ4v) is 4.08. The third kappa shape index (κ3) is 4.84. The summed E-state index contributed by atoms with van der Waals surface area (Å²) in [5.74, 6) is 0.213. The highest BCUT2D eigenvalue weighted by molar-refractivity contribution is 9.10. The van der Waals surface area contributed by atoms with Crippen molar-refractivity contribution in [3.63, 3.8) is 0 Å². The van der Waals surface area contributed by atoms with Gasteiger partial charge in [0.1, 0.15) is 0 Å². The first kappa shape index (κ1) is 18.0. The number of benzene rings is 2. The number of hydrogen-bond donors (Lipinski definition) is 1. The van der Waals surface area contributed by atoms with E-state index in [1.165, 1.54) is 11.3 Å². The lowest BCUT2D eigenvalue weighted by Crippen LogP contribution is -2.12. The summed E-state index contributed by atoms with van der Waals surface area (Å²) in [7, 11) is -0.942. The van der Waals surface area contributed by atoms with Crippen LogP contribution in [0, 0.1) is 0 Å². The number of anilines is 1. The molecule has 0 saturated heterocycles. The summed E-state index contributed by atoms with van der Waals surface area (Å²) in [5.41, 5.74) is 3.21. The van der Waals surface area contributed by atoms with Crippen LogP contribution in [0.25, 0.3) is 11.3 Å². The molecule has 0 aliphatic rings. The van der Waals surface area contributed by atoms with Crippen LogP contribution < -0.4 is 5.32 Å². The van der Waals surface area contributed by atoms with Crippen molar-refractivity contribution >= 4 is 49.1 Å². The van der Waals surface area contributed by atoms with E-state index >= 15 is 0 Å². The Morgan fingerprint density at radius 2 is 2.04 bits per heavy atom. The Labute approximate surface area is 160 Å². The first-order valence-electron chi connectivity index (χ1n) is 7.43. The summed E-state index contributed by atoms with van der Waals surface area (Å²) in [6.07, 6.45) is 1.64. The molecule has 128 valence electrons. The zero-order valence-corrected chi connectivity index (χ0v) is 16.6. The maximum absolute atomic E-state index is 12.4. The van der Waals surface area contributed by atoms with Gasteiger partial charge in [0.25, 0.3) is 5.91 Å². The molecule has 0 saturated carbocycles. The normalized spacial score (nSPS) is 11.9. The molecule has 4 nitrogen and oxygen atoms in total. The van der Waals surface area contributed by atoms with Gasteiger partial charge in [-0.2, -0.15) is 0 Å². The number of carbonyl (C=O) groups is 1. The lowest BCUT2D eigenvalue weighted by atomic mass is 10.1. The molecular formula is C18H15BrN2O2S2. The minimum atomic E-state index is -0.942. The Hall–Kier alpha value is -1.83. The van der Waals surface area contributed by atoms with Crippen LogP contribution in [-0.2, 0) is 16.6 Å². The van der Waals surface area contributed by atoms with Crippen LogP contribution in [0.15, 0.2) is 58.4 Å². The standard InChI is InChI=1S/C18H15BrN2O2S2/c1-25(23)11-12-4-2-6-14(8-12)17(22)21-18-20-16(10-24-18)13-5-3-7-15(19)9-13/h2-10H,11H2,1H3,(H,20,21,22). The number of nitrogens with one attached hydrogen (secondary N) is 1. The SMILES string of the molecule is CS(=O)Cc1cccc(C(=O)Nc2nc(-c3cccc(Br)c3)cs2)c1. The number of rotatable bonds is 5. The first-order valence-corrected chi connectivity index (χ1v) is 10.8. The highest BCUT2D eigenvalue weighted by Crippen LogP contribution is 2.27. The summed E-state index contributed by atoms with van der Waals surface area (Å²) in [5, 5.41) is 5.28. The summed E-state index contributed by atoms with van der Waals surface area (Å²) >= 11 is 4.83. The number of nitrogens with zero attached hydrogens (tertiary/aromatic N) is 1. The first-order chi connectivity index (χ1) is 12.0. The monoisotopic (exact) mass is 434 g/mol. The molecule has 0 aliphatic heterocycles. The average molecular weight is 435 g/mol. The van der Waals surface area contributed by atoms with E-state index in [-0.39, 0.29) is 5.91 Å². The predicted octanol–water partition coefficient (Wildman–Crippen LogP) is 4.70. The quantitative estimate of drug-likeness (QED) is 0.632. The van der Waals surface area contributed by atoms with E-state index in [0.717, 1.165) is 21.3 Å². The minimum Gasteiger partial charge on any atom is -0.298 e. The molecule has 25 heavy (non-hydrogen) atoms. The second-order valence-corrected chi connectivity index (χ2v) is 8.63. The molecule has 0 fully saturated rings. The molecule has 1 unspecified atom stereocenters. The number of carbonyl (C=O) groups excluding carboxylic acids is 1. The zero-order chi connectivity index (χ0) is 17.8. The van der Waals surface area contributed by atoms with Crippen molar-refractivity contribution in [2.75, 3.05) is 11.6 Å². The van der Waals surface area contributed by atoms with Gasteiger partial charge in [0.15, 0.2) is 5.13 Å². The van der Waals surface area contributed by atoms with Crippen molar-refractivity contribution < 1.29 is 9.00 Å². The molecule has 0 bridgehead atoms. The largest absolute Gasteiger partial charge is 0.298 e. The topological polar surface area (TPSA) is 59.1 Å². The van der Waals surface area contributed by atoms with E-state index < -0.39 is 10.8 Å². The highest BCUT2D eigenvalue weighted by atomic mass is 79.9. The van der Waals surface area contributed by atoms with Crippen molar-refractivity contribution in [2.24, 2.45) is 0 Å². The molecule has 3 aromatic rings. The molecule has 1 amide bonds. The lowest BCUT2D eigenvalue weighted by molar-refractivity contribution is 0.102. The van der Waals surface area contributed by atoms with Gasteiger partial charge in [-0.15, -0.1) is 11.3 Å². The van der Waals surface area contributed by atoms with Gasteiger partial charge in [-0.05, 0) is 29.8 Å². The molecule has 7 heteroatoms. The number of thiazole rings is 1. The Kier molecular flexibility index (Phi) is 5.78. The third-order valence-electron chi connectivity index (χ3n) is 3.40. The Morgan fingerprint density at radius 1 is 1.24 bits per heavy atom. The van der Waals surface area contributed by atoms with Crippen molar-refractivity contribution in [3.8, 4) is 11.3 Å². The molecule has 0 aliphatic carbocycles. The summed E-state index contributed by atoms with van der Waals surface area (Å²) in [6, 6.07) is 15.0. The van der Waals surface area contributed by atoms with E-state index in [1.54, 1.807) is 24.5 Å². The van der Waals surface area contributed by atoms with E-state index in [0.29, 0.717) is 16.4 Å². The van der Waals surface area contributed by atoms with Crippen LogP contribution in [0.5, 0.6) is 0 Å². The Balaban J connectivity index is 1.75. The van der Waals surface area contributed by atoms with Crippen molar-refractivity contribution in [2.45, 2.75) is 5.75 Å². The number of halogens is 1. The van der Waals surface area contributed by atoms with Gasteiger partial charge < -0.3 is 0 Å². The number of aromatic nitrogens is 1. The maximum atomic E-state index is 12.4. The van der Waals surface area contributed by atoms with Gasteiger partial charge in [-0.25, -0.2) is 4.98 Å². The highest BCUT2D eigenvalue weighted by Gasteiger charge is 2.11. The zero-order valence-electron chi connectivity index (χ0n) is 13.4. The smallest absolute Gasteiger partial charge is 0.257 e. The molecular weight excluding hydrogens is 420 g/mol. The second kappa shape index (κ2) is 8.03. The van der Waals surface area contributed by atoms with Crippen molar-refractivity contribution in [1.82, 2.24) is 4.98 Å². The van der Waals surface area contributed by atoms with Crippen LogP contribution in [0.1, 0.15) is 15.9 Å². The van der Waals surface area contributed by atoms with E-state index in [2.05, 4.69) is 26.2 Å². The average Bonchev–Trinajstić information content (AvgIpc) is 3.03. The lowest BCUT2D eigenvalue weighted by Gasteiger charge is -2.04. The van der Waals surface area contributed by atoms with Gasteiger partial charge in [0.2, 0.25) is 0 Å². The van der Waals surface area contributed by atoms with E-state index in [9.17, 15) is 9.00 Å². The van der Waals surface area contributed by atoms with Crippen molar-refractivity contribution in [3.05, 3.63) is 69.5 Å². The predicted molar refractivity (Wildman–Crippen MR) is 107 cm³/mol. The van der Waals surface area contributed by atoms with Crippen LogP contribution in [0.3, 0.4) is 0 Å². The molecule has 1 atom stereocenters. The molecule has 3 rings (SSSR count). The number of amides is 1. The minimum absolute atomic E-state index is 0.223.